The Balaban J connectivity index is 1.95. The lowest BCUT2D eigenvalue weighted by atomic mass is 9.82. The molecule has 1 aromatic rings. The van der Waals surface area contributed by atoms with Gasteiger partial charge in [-0.2, -0.15) is 0 Å². The minimum atomic E-state index is -0.868. The van der Waals surface area contributed by atoms with E-state index in [0.717, 1.165) is 12.8 Å². The second kappa shape index (κ2) is 5.42. The average molecular weight is 265 g/mol. The Bertz CT molecular complexity index is 450. The number of rotatable bonds is 5. The predicted molar refractivity (Wildman–Crippen MR) is 68.3 cm³/mol. The Kier molecular flexibility index (Phi) is 3.87. The highest BCUT2D eigenvalue weighted by Gasteiger charge is 2.43. The maximum absolute atomic E-state index is 12.0. The molecule has 6 heteroatoms. The fraction of sp³-hybridized carbons (Fsp3) is 0.615. The van der Waals surface area contributed by atoms with Crippen LogP contribution in [-0.2, 0) is 9.59 Å². The molecule has 19 heavy (non-hydrogen) atoms. The number of carbonyl (C=O) groups excluding carboxylic acids is 1. The smallest absolute Gasteiger partial charge is 0.310 e. The summed E-state index contributed by atoms with van der Waals surface area (Å²) in [6, 6.07) is -0.241. The lowest BCUT2D eigenvalue weighted by molar-refractivity contribution is -0.151. The standard InChI is InChI=1S/C13H19N3O3/c1-9(11-14-6-7-15-11)16-10(17)8-13(12(18)19)4-2-3-5-13/h6-7,9H,2-5,8H2,1H3,(H,14,15)(H,16,17)(H,18,19). The van der Waals surface area contributed by atoms with Crippen molar-refractivity contribution >= 4 is 11.9 Å². The summed E-state index contributed by atoms with van der Waals surface area (Å²) in [7, 11) is 0. The number of aromatic amines is 1. The number of carboxylic acid groups (broad SMARTS) is 1. The van der Waals surface area contributed by atoms with Crippen LogP contribution in [0.25, 0.3) is 0 Å². The molecule has 0 saturated heterocycles. The molecule has 1 atom stereocenters. The molecule has 1 saturated carbocycles. The first-order chi connectivity index (χ1) is 9.03. The van der Waals surface area contributed by atoms with Crippen LogP contribution in [0, 0.1) is 5.41 Å². The third-order valence-corrected chi connectivity index (χ3v) is 3.82. The molecule has 2 rings (SSSR count). The van der Waals surface area contributed by atoms with Gasteiger partial charge in [0.1, 0.15) is 5.82 Å². The third kappa shape index (κ3) is 2.94. The molecule has 0 radical (unpaired) electrons. The number of nitrogens with one attached hydrogen (secondary N) is 2. The van der Waals surface area contributed by atoms with Crippen molar-refractivity contribution in [3.8, 4) is 0 Å². The number of carbonyl (C=O) groups is 2. The number of aromatic nitrogens is 2. The summed E-state index contributed by atoms with van der Waals surface area (Å²) in [4.78, 5) is 30.4. The van der Waals surface area contributed by atoms with Gasteiger partial charge >= 0.3 is 5.97 Å². The number of H-pyrrole nitrogens is 1. The summed E-state index contributed by atoms with van der Waals surface area (Å²) in [5.41, 5.74) is -0.868. The Labute approximate surface area is 111 Å². The van der Waals surface area contributed by atoms with Crippen LogP contribution >= 0.6 is 0 Å². The largest absolute Gasteiger partial charge is 0.481 e. The van der Waals surface area contributed by atoms with Crippen LogP contribution < -0.4 is 5.32 Å². The molecule has 6 nitrogen and oxygen atoms in total. The normalized spacial score (nSPS) is 19.0. The average Bonchev–Trinajstić information content (AvgIpc) is 2.99. The summed E-state index contributed by atoms with van der Waals surface area (Å²) < 4.78 is 0. The molecule has 1 amide bonds. The fourth-order valence-corrected chi connectivity index (χ4v) is 2.70. The summed E-state index contributed by atoms with van der Waals surface area (Å²) >= 11 is 0. The Morgan fingerprint density at radius 2 is 2.21 bits per heavy atom. The quantitative estimate of drug-likeness (QED) is 0.754. The first kappa shape index (κ1) is 13.6. The first-order valence-corrected chi connectivity index (χ1v) is 6.55. The van der Waals surface area contributed by atoms with Crippen molar-refractivity contribution in [2.75, 3.05) is 0 Å². The second-order valence-electron chi connectivity index (χ2n) is 5.23. The molecule has 1 heterocycles. The van der Waals surface area contributed by atoms with E-state index < -0.39 is 11.4 Å². The van der Waals surface area contributed by atoms with E-state index in [4.69, 9.17) is 0 Å². The van der Waals surface area contributed by atoms with Crippen molar-refractivity contribution in [1.29, 1.82) is 0 Å². The van der Waals surface area contributed by atoms with Crippen molar-refractivity contribution in [2.24, 2.45) is 5.41 Å². The summed E-state index contributed by atoms with van der Waals surface area (Å²) in [6.45, 7) is 1.82. The minimum absolute atomic E-state index is 0.0490. The summed E-state index contributed by atoms with van der Waals surface area (Å²) in [5, 5.41) is 12.1. The fourth-order valence-electron chi connectivity index (χ4n) is 2.70. The van der Waals surface area contributed by atoms with Crippen LogP contribution in [0.5, 0.6) is 0 Å². The highest BCUT2D eigenvalue weighted by Crippen LogP contribution is 2.41. The number of hydrogen-bond acceptors (Lipinski definition) is 3. The Morgan fingerprint density at radius 1 is 1.53 bits per heavy atom. The number of carboxylic acids is 1. The zero-order chi connectivity index (χ0) is 13.9. The molecular weight excluding hydrogens is 246 g/mol. The lowest BCUT2D eigenvalue weighted by Gasteiger charge is -2.23. The van der Waals surface area contributed by atoms with E-state index in [1.165, 1.54) is 0 Å². The van der Waals surface area contributed by atoms with Gasteiger partial charge in [-0.05, 0) is 19.8 Å². The van der Waals surface area contributed by atoms with Gasteiger partial charge in [-0.25, -0.2) is 4.98 Å². The van der Waals surface area contributed by atoms with Gasteiger partial charge in [0, 0.05) is 18.8 Å². The maximum Gasteiger partial charge on any atom is 0.310 e. The Hall–Kier alpha value is -1.85. The molecule has 0 spiro atoms. The Morgan fingerprint density at radius 3 is 2.74 bits per heavy atom. The van der Waals surface area contributed by atoms with E-state index in [0.29, 0.717) is 18.7 Å². The van der Waals surface area contributed by atoms with Gasteiger partial charge in [0.15, 0.2) is 0 Å². The van der Waals surface area contributed by atoms with E-state index in [1.54, 1.807) is 12.4 Å². The zero-order valence-corrected chi connectivity index (χ0v) is 11.0. The van der Waals surface area contributed by atoms with Crippen LogP contribution in [0.15, 0.2) is 12.4 Å². The van der Waals surface area contributed by atoms with Crippen LogP contribution in [0.4, 0.5) is 0 Å². The van der Waals surface area contributed by atoms with Crippen LogP contribution in [0.2, 0.25) is 0 Å². The van der Waals surface area contributed by atoms with Crippen molar-refractivity contribution < 1.29 is 14.7 Å². The van der Waals surface area contributed by atoms with Gasteiger partial charge in [0.05, 0.1) is 11.5 Å². The highest BCUT2D eigenvalue weighted by atomic mass is 16.4. The molecule has 1 aliphatic rings. The van der Waals surface area contributed by atoms with Crippen molar-refractivity contribution in [1.82, 2.24) is 15.3 Å². The minimum Gasteiger partial charge on any atom is -0.481 e. The second-order valence-corrected chi connectivity index (χ2v) is 5.23. The number of imidazole rings is 1. The van der Waals surface area contributed by atoms with E-state index in [9.17, 15) is 14.7 Å². The summed E-state index contributed by atoms with van der Waals surface area (Å²) in [6.07, 6.45) is 6.30. The van der Waals surface area contributed by atoms with Gasteiger partial charge in [-0.1, -0.05) is 12.8 Å². The van der Waals surface area contributed by atoms with Crippen LogP contribution in [-0.4, -0.2) is 27.0 Å². The van der Waals surface area contributed by atoms with Gasteiger partial charge in [0.25, 0.3) is 0 Å². The molecule has 0 aromatic carbocycles. The molecule has 104 valence electrons. The number of amides is 1. The molecule has 1 aliphatic carbocycles. The van der Waals surface area contributed by atoms with Crippen LogP contribution in [0.1, 0.15) is 50.9 Å². The number of hydrogen-bond donors (Lipinski definition) is 3. The molecule has 0 bridgehead atoms. The first-order valence-electron chi connectivity index (χ1n) is 6.55. The van der Waals surface area contributed by atoms with Crippen molar-refractivity contribution in [3.05, 3.63) is 18.2 Å². The van der Waals surface area contributed by atoms with Crippen molar-refractivity contribution in [3.63, 3.8) is 0 Å². The van der Waals surface area contributed by atoms with E-state index >= 15 is 0 Å². The van der Waals surface area contributed by atoms with E-state index in [1.807, 2.05) is 6.92 Å². The van der Waals surface area contributed by atoms with E-state index in [-0.39, 0.29) is 18.4 Å². The number of nitrogens with zero attached hydrogens (tertiary/aromatic N) is 1. The maximum atomic E-state index is 12.0. The zero-order valence-electron chi connectivity index (χ0n) is 11.0. The molecule has 3 N–H and O–H groups in total. The van der Waals surface area contributed by atoms with Crippen molar-refractivity contribution in [2.45, 2.75) is 45.1 Å². The van der Waals surface area contributed by atoms with Gasteiger partial charge in [-0.3, -0.25) is 9.59 Å². The number of aliphatic carboxylic acids is 1. The topological polar surface area (TPSA) is 95.1 Å². The molecule has 1 unspecified atom stereocenters. The molecule has 0 aliphatic heterocycles. The van der Waals surface area contributed by atoms with Gasteiger partial charge < -0.3 is 15.4 Å². The highest BCUT2D eigenvalue weighted by molar-refractivity contribution is 5.85. The SMILES string of the molecule is CC(NC(=O)CC1(C(=O)O)CCCC1)c1ncc[nH]1. The molecular formula is C13H19N3O3. The molecule has 1 fully saturated rings. The third-order valence-electron chi connectivity index (χ3n) is 3.82. The monoisotopic (exact) mass is 265 g/mol. The van der Waals surface area contributed by atoms with Crippen LogP contribution in [0.3, 0.4) is 0 Å². The predicted octanol–water partition coefficient (Wildman–Crippen LogP) is 1.62. The van der Waals surface area contributed by atoms with E-state index in [2.05, 4.69) is 15.3 Å². The lowest BCUT2D eigenvalue weighted by Crippen LogP contribution is -2.36. The molecule has 1 aromatic heterocycles. The summed E-state index contributed by atoms with van der Waals surface area (Å²) in [5.74, 6) is -0.414. The van der Waals surface area contributed by atoms with Gasteiger partial charge in [-0.15, -0.1) is 0 Å². The van der Waals surface area contributed by atoms with Gasteiger partial charge in [0.2, 0.25) is 5.91 Å².